The van der Waals surface area contributed by atoms with Gasteiger partial charge in [0.1, 0.15) is 0 Å². The molecular formula is C11H8IN3O. The fourth-order valence-corrected chi connectivity index (χ4v) is 1.83. The Balaban J connectivity index is 2.19. The molecule has 0 atom stereocenters. The summed E-state index contributed by atoms with van der Waals surface area (Å²) >= 11 is 2.12. The van der Waals surface area contributed by atoms with Crippen molar-refractivity contribution in [2.75, 3.05) is 5.32 Å². The number of carbonyl (C=O) groups is 1. The van der Waals surface area contributed by atoms with Crippen LogP contribution < -0.4 is 5.32 Å². The summed E-state index contributed by atoms with van der Waals surface area (Å²) in [6.07, 6.45) is 1.56. The van der Waals surface area contributed by atoms with Gasteiger partial charge in [0.15, 0.2) is 5.82 Å². The van der Waals surface area contributed by atoms with Gasteiger partial charge in [-0.2, -0.15) is 5.10 Å². The number of amides is 1. The number of halogens is 1. The van der Waals surface area contributed by atoms with Crippen LogP contribution in [0.2, 0.25) is 0 Å². The van der Waals surface area contributed by atoms with Gasteiger partial charge in [-0.25, -0.2) is 0 Å². The minimum absolute atomic E-state index is 0.175. The number of hydrogen-bond donors (Lipinski definition) is 1. The standard InChI is InChI=1S/C11H8IN3O/c12-9-5-2-1-4-8(9)11(16)14-10-6-3-7-13-15-10/h1-7H,(H,14,15,16). The van der Waals surface area contributed by atoms with Gasteiger partial charge in [0, 0.05) is 9.77 Å². The first-order valence-electron chi connectivity index (χ1n) is 4.61. The van der Waals surface area contributed by atoms with Crippen LogP contribution in [0.4, 0.5) is 5.82 Å². The van der Waals surface area contributed by atoms with E-state index in [1.807, 2.05) is 18.2 Å². The van der Waals surface area contributed by atoms with E-state index in [0.29, 0.717) is 11.4 Å². The molecule has 0 aliphatic heterocycles. The van der Waals surface area contributed by atoms with Crippen molar-refractivity contribution in [2.45, 2.75) is 0 Å². The van der Waals surface area contributed by atoms with Crippen LogP contribution >= 0.6 is 22.6 Å². The van der Waals surface area contributed by atoms with Crippen molar-refractivity contribution < 1.29 is 4.79 Å². The van der Waals surface area contributed by atoms with E-state index in [0.717, 1.165) is 3.57 Å². The molecule has 2 rings (SSSR count). The Bertz CT molecular complexity index is 502. The van der Waals surface area contributed by atoms with Gasteiger partial charge in [0.2, 0.25) is 0 Å². The fraction of sp³-hybridized carbons (Fsp3) is 0. The molecule has 1 amide bonds. The molecule has 1 aromatic carbocycles. The number of hydrogen-bond acceptors (Lipinski definition) is 3. The van der Waals surface area contributed by atoms with E-state index in [9.17, 15) is 4.79 Å². The van der Waals surface area contributed by atoms with Gasteiger partial charge in [-0.1, -0.05) is 12.1 Å². The van der Waals surface area contributed by atoms with E-state index in [-0.39, 0.29) is 5.91 Å². The lowest BCUT2D eigenvalue weighted by molar-refractivity contribution is 0.102. The van der Waals surface area contributed by atoms with Crippen molar-refractivity contribution in [1.82, 2.24) is 10.2 Å². The fourth-order valence-electron chi connectivity index (χ4n) is 1.20. The highest BCUT2D eigenvalue weighted by Crippen LogP contribution is 2.12. The number of benzene rings is 1. The quantitative estimate of drug-likeness (QED) is 0.863. The number of nitrogens with zero attached hydrogens (tertiary/aromatic N) is 2. The monoisotopic (exact) mass is 325 g/mol. The van der Waals surface area contributed by atoms with Crippen LogP contribution in [-0.4, -0.2) is 16.1 Å². The Morgan fingerprint density at radius 2 is 2.00 bits per heavy atom. The third kappa shape index (κ3) is 2.54. The Labute approximate surface area is 106 Å². The summed E-state index contributed by atoms with van der Waals surface area (Å²) in [5, 5.41) is 10.2. The average molecular weight is 325 g/mol. The molecule has 0 unspecified atom stereocenters. The zero-order valence-electron chi connectivity index (χ0n) is 8.22. The predicted molar refractivity (Wildman–Crippen MR) is 69.1 cm³/mol. The van der Waals surface area contributed by atoms with Crippen molar-refractivity contribution in [3.05, 3.63) is 51.7 Å². The van der Waals surface area contributed by atoms with Crippen molar-refractivity contribution in [1.29, 1.82) is 0 Å². The van der Waals surface area contributed by atoms with Crippen LogP contribution in [0.3, 0.4) is 0 Å². The third-order valence-corrected chi connectivity index (χ3v) is 2.87. The molecule has 0 radical (unpaired) electrons. The van der Waals surface area contributed by atoms with Crippen molar-refractivity contribution >= 4 is 34.3 Å². The third-order valence-electron chi connectivity index (χ3n) is 1.93. The minimum Gasteiger partial charge on any atom is -0.305 e. The van der Waals surface area contributed by atoms with Gasteiger partial charge < -0.3 is 5.32 Å². The minimum atomic E-state index is -0.175. The lowest BCUT2D eigenvalue weighted by Crippen LogP contribution is -2.14. The molecule has 0 spiro atoms. The molecule has 2 aromatic rings. The predicted octanol–water partition coefficient (Wildman–Crippen LogP) is 2.33. The normalized spacial score (nSPS) is 9.81. The van der Waals surface area contributed by atoms with Crippen molar-refractivity contribution in [3.63, 3.8) is 0 Å². The Kier molecular flexibility index (Phi) is 3.45. The molecular weight excluding hydrogens is 317 g/mol. The highest BCUT2D eigenvalue weighted by Gasteiger charge is 2.09. The lowest BCUT2D eigenvalue weighted by Gasteiger charge is -2.04. The number of anilines is 1. The van der Waals surface area contributed by atoms with Gasteiger partial charge in [-0.3, -0.25) is 4.79 Å². The molecule has 0 fully saturated rings. The first-order chi connectivity index (χ1) is 7.77. The topological polar surface area (TPSA) is 54.9 Å². The van der Waals surface area contributed by atoms with Gasteiger partial charge in [0.25, 0.3) is 5.91 Å². The molecule has 4 nitrogen and oxygen atoms in total. The highest BCUT2D eigenvalue weighted by molar-refractivity contribution is 14.1. The van der Waals surface area contributed by atoms with Gasteiger partial charge in [0.05, 0.1) is 5.56 Å². The molecule has 0 saturated heterocycles. The molecule has 5 heteroatoms. The molecule has 0 bridgehead atoms. The molecule has 0 saturated carbocycles. The second kappa shape index (κ2) is 5.02. The van der Waals surface area contributed by atoms with E-state index < -0.39 is 0 Å². The van der Waals surface area contributed by atoms with E-state index >= 15 is 0 Å². The van der Waals surface area contributed by atoms with E-state index in [1.165, 1.54) is 0 Å². The summed E-state index contributed by atoms with van der Waals surface area (Å²) < 4.78 is 0.904. The number of aromatic nitrogens is 2. The molecule has 1 aromatic heterocycles. The smallest absolute Gasteiger partial charge is 0.257 e. The van der Waals surface area contributed by atoms with Gasteiger partial charge in [-0.15, -0.1) is 5.10 Å². The second-order valence-corrected chi connectivity index (χ2v) is 4.21. The summed E-state index contributed by atoms with van der Waals surface area (Å²) in [5.41, 5.74) is 0.633. The van der Waals surface area contributed by atoms with Gasteiger partial charge in [-0.05, 0) is 46.9 Å². The molecule has 0 aliphatic rings. The lowest BCUT2D eigenvalue weighted by atomic mass is 10.2. The number of carbonyl (C=O) groups excluding carboxylic acids is 1. The summed E-state index contributed by atoms with van der Waals surface area (Å²) in [6.45, 7) is 0. The Morgan fingerprint density at radius 1 is 1.19 bits per heavy atom. The van der Waals surface area contributed by atoms with Crippen LogP contribution in [0.5, 0.6) is 0 Å². The molecule has 0 aliphatic carbocycles. The molecule has 80 valence electrons. The number of nitrogens with one attached hydrogen (secondary N) is 1. The highest BCUT2D eigenvalue weighted by atomic mass is 127. The largest absolute Gasteiger partial charge is 0.305 e. The summed E-state index contributed by atoms with van der Waals surface area (Å²) in [4.78, 5) is 11.9. The Hall–Kier alpha value is -1.50. The Morgan fingerprint density at radius 3 is 2.69 bits per heavy atom. The van der Waals surface area contributed by atoms with E-state index in [1.54, 1.807) is 24.4 Å². The second-order valence-electron chi connectivity index (χ2n) is 3.04. The first kappa shape index (κ1) is 11.0. The zero-order valence-corrected chi connectivity index (χ0v) is 10.4. The summed E-state index contributed by atoms with van der Waals surface area (Å²) in [7, 11) is 0. The molecule has 1 N–H and O–H groups in total. The summed E-state index contributed by atoms with van der Waals surface area (Å²) in [6, 6.07) is 10.8. The molecule has 1 heterocycles. The maximum atomic E-state index is 11.9. The van der Waals surface area contributed by atoms with Crippen LogP contribution in [-0.2, 0) is 0 Å². The van der Waals surface area contributed by atoms with Crippen LogP contribution in [0, 0.1) is 3.57 Å². The maximum Gasteiger partial charge on any atom is 0.257 e. The first-order valence-corrected chi connectivity index (χ1v) is 5.69. The van der Waals surface area contributed by atoms with E-state index in [2.05, 4.69) is 38.1 Å². The SMILES string of the molecule is O=C(Nc1cccnn1)c1ccccc1I. The zero-order chi connectivity index (χ0) is 11.4. The average Bonchev–Trinajstić information content (AvgIpc) is 2.31. The summed E-state index contributed by atoms with van der Waals surface area (Å²) in [5.74, 6) is 0.276. The van der Waals surface area contributed by atoms with Gasteiger partial charge >= 0.3 is 0 Å². The van der Waals surface area contributed by atoms with Crippen molar-refractivity contribution in [2.24, 2.45) is 0 Å². The van der Waals surface area contributed by atoms with E-state index in [4.69, 9.17) is 0 Å². The molecule has 16 heavy (non-hydrogen) atoms. The van der Waals surface area contributed by atoms with Crippen LogP contribution in [0.1, 0.15) is 10.4 Å². The van der Waals surface area contributed by atoms with Crippen LogP contribution in [0.25, 0.3) is 0 Å². The van der Waals surface area contributed by atoms with Crippen LogP contribution in [0.15, 0.2) is 42.6 Å². The maximum absolute atomic E-state index is 11.9. The number of rotatable bonds is 2. The van der Waals surface area contributed by atoms with Crippen molar-refractivity contribution in [3.8, 4) is 0 Å².